The molecule has 2 aliphatic carbocycles. The Bertz CT molecular complexity index is 1450. The molecule has 1 heterocycles. The van der Waals surface area contributed by atoms with E-state index in [0.29, 0.717) is 5.92 Å². The van der Waals surface area contributed by atoms with Crippen LogP contribution in [0.1, 0.15) is 35.4 Å². The monoisotopic (exact) mass is 592 g/mol. The number of benzene rings is 3. The van der Waals surface area contributed by atoms with E-state index in [2.05, 4.69) is 116 Å². The van der Waals surface area contributed by atoms with Crippen LogP contribution in [0.5, 0.6) is 0 Å². The minimum atomic E-state index is -2.39. The van der Waals surface area contributed by atoms with Crippen LogP contribution in [-0.4, -0.2) is 3.21 Å². The molecule has 3 aromatic carbocycles. The van der Waals surface area contributed by atoms with Crippen LogP contribution in [0.15, 0.2) is 106 Å². The maximum atomic E-state index is 2.55. The molecule has 1 unspecified atom stereocenters. The van der Waals surface area contributed by atoms with Crippen LogP contribution in [0, 0.1) is 5.92 Å². The molecule has 0 radical (unpaired) electrons. The predicted molar refractivity (Wildman–Crippen MR) is 155 cm³/mol. The first kappa shape index (κ1) is 26.2. The van der Waals surface area contributed by atoms with Gasteiger partial charge in [0, 0.05) is 0 Å². The van der Waals surface area contributed by atoms with Crippen molar-refractivity contribution in [2.24, 2.45) is 5.92 Å². The van der Waals surface area contributed by atoms with Crippen LogP contribution in [0.4, 0.5) is 0 Å². The summed E-state index contributed by atoms with van der Waals surface area (Å²) < 4.78 is 4.99. The molecule has 0 fully saturated rings. The second kappa shape index (κ2) is 11.1. The summed E-state index contributed by atoms with van der Waals surface area (Å²) in [6.07, 6.45) is 6.12. The zero-order valence-electron chi connectivity index (χ0n) is 19.8. The zero-order chi connectivity index (χ0) is 22.4. The van der Waals surface area contributed by atoms with Gasteiger partial charge in [0.15, 0.2) is 0 Å². The molecule has 2 aliphatic rings. The Balaban J connectivity index is 0.00000144. The minimum Gasteiger partial charge on any atom is -0.147 e. The molecule has 0 amide bonds. The Labute approximate surface area is 232 Å². The van der Waals surface area contributed by atoms with Crippen LogP contribution >= 0.6 is 36.2 Å². The third-order valence-electron chi connectivity index (χ3n) is 7.03. The largest absolute Gasteiger partial charge is 0.147 e. The molecule has 35 heavy (non-hydrogen) atoms. The second-order valence-corrected chi connectivity index (χ2v) is 16.4. The molecule has 6 rings (SSSR count). The van der Waals surface area contributed by atoms with Crippen molar-refractivity contribution in [1.29, 1.82) is 0 Å². The summed E-state index contributed by atoms with van der Waals surface area (Å²) in [6, 6.07) is 31.6. The predicted octanol–water partition coefficient (Wildman–Crippen LogP) is 8.26. The quantitative estimate of drug-likeness (QED) is 0.197. The number of rotatable bonds is 4. The summed E-state index contributed by atoms with van der Waals surface area (Å²) in [4.78, 5) is 1.39. The average Bonchev–Trinajstić information content (AvgIpc) is 3.59. The van der Waals surface area contributed by atoms with Gasteiger partial charge in [-0.3, -0.25) is 0 Å². The summed E-state index contributed by atoms with van der Waals surface area (Å²) in [5, 5.41) is 2.19. The van der Waals surface area contributed by atoms with Crippen LogP contribution in [0.25, 0.3) is 16.7 Å². The summed E-state index contributed by atoms with van der Waals surface area (Å²) in [5.74, 6) is 0.495. The van der Waals surface area contributed by atoms with Crippen molar-refractivity contribution >= 4 is 48.2 Å². The Morgan fingerprint density at radius 3 is 2.34 bits per heavy atom. The third kappa shape index (κ3) is 4.79. The average molecular weight is 595 g/mol. The normalized spacial score (nSPS) is 16.2. The molecule has 1 aromatic heterocycles. The van der Waals surface area contributed by atoms with Crippen molar-refractivity contribution in [3.63, 3.8) is 0 Å². The van der Waals surface area contributed by atoms with Gasteiger partial charge in [0.25, 0.3) is 0 Å². The fourth-order valence-electron chi connectivity index (χ4n) is 5.40. The van der Waals surface area contributed by atoms with Crippen LogP contribution in [0.2, 0.25) is 0 Å². The van der Waals surface area contributed by atoms with Gasteiger partial charge in [-0.1, -0.05) is 0 Å². The number of hydrogen-bond donors (Lipinski definition) is 0. The molecule has 4 heteroatoms. The van der Waals surface area contributed by atoms with Gasteiger partial charge in [0.05, 0.1) is 0 Å². The van der Waals surface area contributed by atoms with Crippen molar-refractivity contribution < 1.29 is 21.3 Å². The second-order valence-electron chi connectivity index (χ2n) is 9.02. The van der Waals surface area contributed by atoms with E-state index in [0.717, 1.165) is 6.42 Å². The fraction of sp³-hybridized carbons (Fsp3) is 0.129. The van der Waals surface area contributed by atoms with Crippen molar-refractivity contribution in [1.82, 2.24) is 0 Å². The van der Waals surface area contributed by atoms with Gasteiger partial charge in [-0.2, -0.15) is 0 Å². The molecule has 0 N–H and O–H groups in total. The Morgan fingerprint density at radius 1 is 0.829 bits per heavy atom. The number of thiophene rings is 1. The van der Waals surface area contributed by atoms with Crippen molar-refractivity contribution in [3.05, 3.63) is 127 Å². The molecule has 4 aromatic rings. The van der Waals surface area contributed by atoms with Crippen molar-refractivity contribution in [3.8, 4) is 11.1 Å². The van der Waals surface area contributed by atoms with E-state index in [1.54, 1.807) is 15.3 Å². The molecule has 0 aliphatic heterocycles. The Hall–Kier alpha value is -1.83. The number of allylic oxidation sites excluding steroid dienone is 4. The summed E-state index contributed by atoms with van der Waals surface area (Å²) >= 11 is -0.542. The zero-order valence-corrected chi connectivity index (χ0v) is 24.7. The van der Waals surface area contributed by atoms with Gasteiger partial charge in [-0.25, -0.2) is 0 Å². The van der Waals surface area contributed by atoms with E-state index in [1.165, 1.54) is 32.7 Å². The number of halogens is 2. The Morgan fingerprint density at radius 2 is 1.57 bits per heavy atom. The first-order chi connectivity index (χ1) is 16.2. The summed E-state index contributed by atoms with van der Waals surface area (Å²) in [7, 11) is 0. The van der Waals surface area contributed by atoms with E-state index >= 15 is 0 Å². The summed E-state index contributed by atoms with van der Waals surface area (Å²) in [6.45, 7) is 4.82. The first-order valence-electron chi connectivity index (χ1n) is 11.6. The van der Waals surface area contributed by atoms with Crippen LogP contribution in [0.3, 0.4) is 0 Å². The van der Waals surface area contributed by atoms with Crippen LogP contribution < -0.4 is 3.27 Å². The fourth-order valence-corrected chi connectivity index (χ4v) is 14.1. The SMILES string of the molecule is C/[C](c1ccccc1)=[Zr](\[C]1=CC(c2cccs2)=CC1C)[c]1cccc2c1Cc1ccccc1-2.Cl.Cl. The smallest absolute Gasteiger partial charge is 0.147 e. The van der Waals surface area contributed by atoms with Crippen molar-refractivity contribution in [2.75, 3.05) is 0 Å². The van der Waals surface area contributed by atoms with E-state index in [-0.39, 0.29) is 24.8 Å². The molecule has 176 valence electrons. The van der Waals surface area contributed by atoms with Gasteiger partial charge in [-0.05, 0) is 0 Å². The maximum Gasteiger partial charge on any atom is -0.147 e. The molecule has 0 saturated heterocycles. The molecule has 0 saturated carbocycles. The molecule has 1 atom stereocenters. The third-order valence-corrected chi connectivity index (χ3v) is 15.9. The van der Waals surface area contributed by atoms with Gasteiger partial charge in [0.2, 0.25) is 0 Å². The maximum absolute atomic E-state index is 2.55. The van der Waals surface area contributed by atoms with Crippen LogP contribution in [-0.2, 0) is 27.7 Å². The van der Waals surface area contributed by atoms with E-state index in [9.17, 15) is 0 Å². The van der Waals surface area contributed by atoms with Gasteiger partial charge in [-0.15, -0.1) is 24.8 Å². The van der Waals surface area contributed by atoms with Crippen molar-refractivity contribution in [2.45, 2.75) is 20.3 Å². The van der Waals surface area contributed by atoms with Gasteiger partial charge >= 0.3 is 209 Å². The minimum absolute atomic E-state index is 0. The molecule has 0 spiro atoms. The number of hydrogen-bond acceptors (Lipinski definition) is 1. The molecule has 0 bridgehead atoms. The Kier molecular flexibility index (Phi) is 8.29. The first-order valence-corrected chi connectivity index (χ1v) is 16.2. The number of fused-ring (bicyclic) bond motifs is 3. The van der Waals surface area contributed by atoms with E-state index in [4.69, 9.17) is 0 Å². The van der Waals surface area contributed by atoms with E-state index in [1.807, 2.05) is 11.3 Å². The molecular weight excluding hydrogens is 567 g/mol. The van der Waals surface area contributed by atoms with Gasteiger partial charge in [0.1, 0.15) is 0 Å². The van der Waals surface area contributed by atoms with E-state index < -0.39 is 21.3 Å². The summed E-state index contributed by atoms with van der Waals surface area (Å²) in [5.41, 5.74) is 8.78. The topological polar surface area (TPSA) is 0 Å². The standard InChI is InChI=1S/C13H9.C10H9S.C8H8.2ClH.Zr/c1-3-7-12-10(5-1)9-11-6-2-4-8-13(11)12;1-8-4-5-9(7-8)10-3-2-6-11-10;1-2-8-6-4-3-5-7-8;;;/h1-5,7-8H,9H2;2-3,5-8H,1H3;3-7H,1H3;2*1H;. The molecular formula is C31H28Cl2SZr. The van der Waals surface area contributed by atoms with Gasteiger partial charge < -0.3 is 0 Å². The molecule has 0 nitrogen and oxygen atoms in total.